The van der Waals surface area contributed by atoms with Crippen LogP contribution in [0, 0.1) is 11.8 Å². The monoisotopic (exact) mass is 297 g/mol. The fourth-order valence-corrected chi connectivity index (χ4v) is 4.09. The van der Waals surface area contributed by atoms with Crippen molar-refractivity contribution < 1.29 is 13.2 Å². The molecule has 1 aliphatic carbocycles. The molecule has 1 heterocycles. The van der Waals surface area contributed by atoms with Crippen LogP contribution in [0.2, 0.25) is 0 Å². The Balaban J connectivity index is 1.69. The van der Waals surface area contributed by atoms with Crippen LogP contribution in [0.4, 0.5) is 13.2 Å². The van der Waals surface area contributed by atoms with Crippen LogP contribution >= 0.6 is 0 Å². The molecule has 1 N–H and O–H groups in total. The average molecular weight is 297 g/mol. The van der Waals surface area contributed by atoms with Crippen LogP contribution in [-0.2, 0) is 6.18 Å². The van der Waals surface area contributed by atoms with Gasteiger partial charge in [0.05, 0.1) is 5.56 Å². The molecule has 1 aliphatic heterocycles. The van der Waals surface area contributed by atoms with Gasteiger partial charge in [-0.1, -0.05) is 18.2 Å². The average Bonchev–Trinajstić information content (AvgIpc) is 3.01. The number of halogens is 3. The van der Waals surface area contributed by atoms with E-state index in [1.807, 2.05) is 0 Å². The van der Waals surface area contributed by atoms with Crippen molar-refractivity contribution in [1.29, 1.82) is 0 Å². The van der Waals surface area contributed by atoms with Gasteiger partial charge < -0.3 is 5.32 Å². The highest BCUT2D eigenvalue weighted by Crippen LogP contribution is 2.43. The van der Waals surface area contributed by atoms with Gasteiger partial charge in [0.1, 0.15) is 0 Å². The Bertz CT molecular complexity index is 469. The molecule has 116 valence electrons. The molecule has 0 spiro atoms. The first-order valence-corrected chi connectivity index (χ1v) is 7.92. The van der Waals surface area contributed by atoms with Crippen molar-refractivity contribution in [1.82, 2.24) is 5.32 Å². The largest absolute Gasteiger partial charge is 0.416 e. The molecular formula is C17H22F3N. The molecule has 1 atom stereocenters. The molecule has 1 nitrogen and oxygen atoms in total. The molecular weight excluding hydrogens is 275 g/mol. The fraction of sp³-hybridized carbons (Fsp3) is 0.647. The van der Waals surface area contributed by atoms with Crippen LogP contribution in [0.5, 0.6) is 0 Å². The smallest absolute Gasteiger partial charge is 0.316 e. The molecule has 1 saturated heterocycles. The lowest BCUT2D eigenvalue weighted by Crippen LogP contribution is -2.24. The summed E-state index contributed by atoms with van der Waals surface area (Å²) in [6, 6.07) is 6.12. The Labute approximate surface area is 123 Å². The van der Waals surface area contributed by atoms with Crippen molar-refractivity contribution in [2.45, 2.75) is 44.2 Å². The molecule has 0 radical (unpaired) electrons. The minimum absolute atomic E-state index is 0.0773. The molecule has 2 aliphatic rings. The highest BCUT2D eigenvalue weighted by Gasteiger charge is 2.36. The zero-order valence-electron chi connectivity index (χ0n) is 12.1. The summed E-state index contributed by atoms with van der Waals surface area (Å²) < 4.78 is 39.4. The lowest BCUT2D eigenvalue weighted by Gasteiger charge is -2.33. The molecule has 0 amide bonds. The lowest BCUT2D eigenvalue weighted by atomic mass is 9.73. The van der Waals surface area contributed by atoms with Gasteiger partial charge in [-0.2, -0.15) is 13.2 Å². The van der Waals surface area contributed by atoms with Crippen molar-refractivity contribution in [3.63, 3.8) is 0 Å². The van der Waals surface area contributed by atoms with Crippen LogP contribution in [-0.4, -0.2) is 13.1 Å². The molecule has 21 heavy (non-hydrogen) atoms. The SMILES string of the molecule is FC(F)(F)c1ccccc1C1CCC(C2CCNC2)CC1. The van der Waals surface area contributed by atoms with E-state index in [0.29, 0.717) is 11.5 Å². The summed E-state index contributed by atoms with van der Waals surface area (Å²) in [5.74, 6) is 1.52. The number of nitrogens with one attached hydrogen (secondary N) is 1. The van der Waals surface area contributed by atoms with E-state index in [1.54, 1.807) is 12.1 Å². The van der Waals surface area contributed by atoms with Gasteiger partial charge in [-0.3, -0.25) is 0 Å². The summed E-state index contributed by atoms with van der Waals surface area (Å²) >= 11 is 0. The molecule has 1 aromatic rings. The first-order valence-electron chi connectivity index (χ1n) is 7.92. The Hall–Kier alpha value is -1.03. The number of rotatable bonds is 2. The Morgan fingerprint density at radius 3 is 2.24 bits per heavy atom. The second-order valence-electron chi connectivity index (χ2n) is 6.45. The minimum atomic E-state index is -4.23. The molecule has 2 fully saturated rings. The molecule has 4 heteroatoms. The van der Waals surface area contributed by atoms with Crippen molar-refractivity contribution in [2.24, 2.45) is 11.8 Å². The summed E-state index contributed by atoms with van der Waals surface area (Å²) in [6.45, 7) is 2.19. The second-order valence-corrected chi connectivity index (χ2v) is 6.45. The predicted molar refractivity (Wildman–Crippen MR) is 77.1 cm³/mol. The Morgan fingerprint density at radius 1 is 0.905 bits per heavy atom. The summed E-state index contributed by atoms with van der Waals surface area (Å²) in [5, 5.41) is 3.39. The van der Waals surface area contributed by atoms with Gasteiger partial charge in [0, 0.05) is 0 Å². The van der Waals surface area contributed by atoms with E-state index >= 15 is 0 Å². The van der Waals surface area contributed by atoms with E-state index in [4.69, 9.17) is 0 Å². The first kappa shape index (κ1) is 14.9. The third-order valence-corrected chi connectivity index (χ3v) is 5.24. The normalized spacial score (nSPS) is 30.5. The maximum atomic E-state index is 13.1. The Morgan fingerprint density at radius 2 is 1.62 bits per heavy atom. The number of alkyl halides is 3. The summed E-state index contributed by atoms with van der Waals surface area (Å²) in [5.41, 5.74) is 0.0731. The molecule has 1 aromatic carbocycles. The van der Waals surface area contributed by atoms with Gasteiger partial charge in [-0.25, -0.2) is 0 Å². The summed E-state index contributed by atoms with van der Waals surface area (Å²) in [7, 11) is 0. The van der Waals surface area contributed by atoms with Crippen molar-refractivity contribution in [3.8, 4) is 0 Å². The van der Waals surface area contributed by atoms with Gasteiger partial charge in [0.2, 0.25) is 0 Å². The Kier molecular flexibility index (Phi) is 4.25. The highest BCUT2D eigenvalue weighted by atomic mass is 19.4. The minimum Gasteiger partial charge on any atom is -0.316 e. The van der Waals surface area contributed by atoms with E-state index in [1.165, 1.54) is 18.6 Å². The van der Waals surface area contributed by atoms with E-state index in [9.17, 15) is 13.2 Å². The van der Waals surface area contributed by atoms with Gasteiger partial charge in [-0.05, 0) is 74.6 Å². The van der Waals surface area contributed by atoms with E-state index in [2.05, 4.69) is 5.32 Å². The van der Waals surface area contributed by atoms with E-state index < -0.39 is 11.7 Å². The van der Waals surface area contributed by atoms with E-state index in [-0.39, 0.29) is 5.92 Å². The molecule has 1 unspecified atom stereocenters. The topological polar surface area (TPSA) is 12.0 Å². The molecule has 0 bridgehead atoms. The lowest BCUT2D eigenvalue weighted by molar-refractivity contribution is -0.138. The van der Waals surface area contributed by atoms with Crippen LogP contribution < -0.4 is 5.32 Å². The zero-order valence-corrected chi connectivity index (χ0v) is 12.1. The predicted octanol–water partition coefficient (Wildman–Crippen LogP) is 4.59. The molecule has 3 rings (SSSR count). The maximum absolute atomic E-state index is 13.1. The van der Waals surface area contributed by atoms with Crippen LogP contribution in [0.15, 0.2) is 24.3 Å². The molecule has 1 saturated carbocycles. The van der Waals surface area contributed by atoms with Crippen LogP contribution in [0.25, 0.3) is 0 Å². The van der Waals surface area contributed by atoms with Crippen molar-refractivity contribution in [3.05, 3.63) is 35.4 Å². The zero-order chi connectivity index (χ0) is 14.9. The first-order chi connectivity index (χ1) is 10.1. The third kappa shape index (κ3) is 3.25. The van der Waals surface area contributed by atoms with Crippen LogP contribution in [0.3, 0.4) is 0 Å². The maximum Gasteiger partial charge on any atom is 0.416 e. The van der Waals surface area contributed by atoms with Crippen LogP contribution in [0.1, 0.15) is 49.1 Å². The van der Waals surface area contributed by atoms with E-state index in [0.717, 1.165) is 44.7 Å². The number of hydrogen-bond donors (Lipinski definition) is 1. The van der Waals surface area contributed by atoms with Gasteiger partial charge >= 0.3 is 6.18 Å². The van der Waals surface area contributed by atoms with Crippen molar-refractivity contribution in [2.75, 3.05) is 13.1 Å². The second kappa shape index (κ2) is 5.99. The third-order valence-electron chi connectivity index (χ3n) is 5.24. The van der Waals surface area contributed by atoms with Crippen molar-refractivity contribution >= 4 is 0 Å². The summed E-state index contributed by atoms with van der Waals surface area (Å²) in [6.07, 6.45) is 0.937. The highest BCUT2D eigenvalue weighted by molar-refractivity contribution is 5.33. The summed E-state index contributed by atoms with van der Waals surface area (Å²) in [4.78, 5) is 0. The number of benzene rings is 1. The number of hydrogen-bond acceptors (Lipinski definition) is 1. The standard InChI is InChI=1S/C17H22F3N/c18-17(19,20)16-4-2-1-3-15(16)13-7-5-12(6-8-13)14-9-10-21-11-14/h1-4,12-14,21H,5-11H2. The quantitative estimate of drug-likeness (QED) is 0.842. The van der Waals surface area contributed by atoms with Gasteiger partial charge in [-0.15, -0.1) is 0 Å². The molecule has 0 aromatic heterocycles. The van der Waals surface area contributed by atoms with Gasteiger partial charge in [0.25, 0.3) is 0 Å². The van der Waals surface area contributed by atoms with Gasteiger partial charge in [0.15, 0.2) is 0 Å². The fourth-order valence-electron chi connectivity index (χ4n) is 4.09.